The second-order valence-electron chi connectivity index (χ2n) is 5.64. The van der Waals surface area contributed by atoms with E-state index in [2.05, 4.69) is 38.2 Å². The van der Waals surface area contributed by atoms with Gasteiger partial charge in [0, 0.05) is 6.54 Å². The van der Waals surface area contributed by atoms with Crippen molar-refractivity contribution >= 4 is 12.2 Å². The molecule has 0 bridgehead atoms. The number of ether oxygens (including phenoxy) is 1. The van der Waals surface area contributed by atoms with Crippen molar-refractivity contribution in [2.45, 2.75) is 27.4 Å². The molecule has 0 aliphatic rings. The summed E-state index contributed by atoms with van der Waals surface area (Å²) >= 11 is 0. The zero-order valence-corrected chi connectivity index (χ0v) is 13.9. The van der Waals surface area contributed by atoms with E-state index in [1.165, 1.54) is 22.3 Å². The molecular formula is C20H23NO2. The van der Waals surface area contributed by atoms with Crippen molar-refractivity contribution in [1.82, 2.24) is 5.32 Å². The van der Waals surface area contributed by atoms with E-state index >= 15 is 0 Å². The van der Waals surface area contributed by atoms with Crippen molar-refractivity contribution in [2.75, 3.05) is 6.54 Å². The van der Waals surface area contributed by atoms with Crippen molar-refractivity contribution in [2.24, 2.45) is 0 Å². The molecule has 1 N–H and O–H groups in total. The predicted molar refractivity (Wildman–Crippen MR) is 94.3 cm³/mol. The number of rotatable bonds is 5. The minimum atomic E-state index is -0.407. The van der Waals surface area contributed by atoms with Crippen LogP contribution in [0.4, 0.5) is 4.79 Å². The third-order valence-electron chi connectivity index (χ3n) is 3.76. The van der Waals surface area contributed by atoms with E-state index in [-0.39, 0.29) is 6.61 Å². The van der Waals surface area contributed by atoms with Gasteiger partial charge in [0.1, 0.15) is 6.61 Å². The van der Waals surface area contributed by atoms with Crippen LogP contribution < -0.4 is 5.32 Å². The van der Waals surface area contributed by atoms with Gasteiger partial charge in [0.15, 0.2) is 0 Å². The van der Waals surface area contributed by atoms with Crippen molar-refractivity contribution in [3.8, 4) is 0 Å². The first-order valence-electron chi connectivity index (χ1n) is 7.75. The number of aryl methyl sites for hydroxylation is 3. The van der Waals surface area contributed by atoms with Crippen LogP contribution in [0.1, 0.15) is 27.8 Å². The van der Waals surface area contributed by atoms with Crippen molar-refractivity contribution in [3.63, 3.8) is 0 Å². The lowest BCUT2D eigenvalue weighted by Crippen LogP contribution is -2.24. The van der Waals surface area contributed by atoms with Crippen LogP contribution >= 0.6 is 0 Å². The molecule has 2 aromatic carbocycles. The van der Waals surface area contributed by atoms with E-state index in [0.29, 0.717) is 6.54 Å². The van der Waals surface area contributed by atoms with Crippen LogP contribution in [0.2, 0.25) is 0 Å². The maximum absolute atomic E-state index is 11.6. The molecule has 23 heavy (non-hydrogen) atoms. The lowest BCUT2D eigenvalue weighted by atomic mass is 10.0. The Morgan fingerprint density at radius 2 is 1.74 bits per heavy atom. The highest BCUT2D eigenvalue weighted by Gasteiger charge is 2.01. The van der Waals surface area contributed by atoms with Crippen LogP contribution in [-0.2, 0) is 11.3 Å². The second kappa shape index (κ2) is 8.18. The average molecular weight is 309 g/mol. The van der Waals surface area contributed by atoms with E-state index in [1.807, 2.05) is 42.5 Å². The molecule has 0 unspecified atom stereocenters. The minimum Gasteiger partial charge on any atom is -0.445 e. The third kappa shape index (κ3) is 5.29. The highest BCUT2D eigenvalue weighted by molar-refractivity contribution is 5.67. The molecule has 120 valence electrons. The highest BCUT2D eigenvalue weighted by atomic mass is 16.5. The number of carbonyl (C=O) groups excluding carboxylic acids is 1. The summed E-state index contributed by atoms with van der Waals surface area (Å²) in [5, 5.41) is 2.72. The van der Waals surface area contributed by atoms with Crippen LogP contribution in [0, 0.1) is 20.8 Å². The maximum Gasteiger partial charge on any atom is 0.407 e. The summed E-state index contributed by atoms with van der Waals surface area (Å²) in [6.45, 7) is 7.03. The Kier molecular flexibility index (Phi) is 5.98. The molecule has 3 nitrogen and oxygen atoms in total. The molecule has 0 aliphatic carbocycles. The molecule has 0 saturated carbocycles. The van der Waals surface area contributed by atoms with Crippen LogP contribution in [-0.4, -0.2) is 12.6 Å². The SMILES string of the molecule is Cc1cc(C)c(C=CCNC(=O)OCc2ccccc2)cc1C. The Morgan fingerprint density at radius 1 is 1.04 bits per heavy atom. The number of hydrogen-bond acceptors (Lipinski definition) is 2. The summed E-state index contributed by atoms with van der Waals surface area (Å²) in [5.74, 6) is 0. The van der Waals surface area contributed by atoms with Crippen LogP contribution in [0.3, 0.4) is 0 Å². The van der Waals surface area contributed by atoms with Gasteiger partial charge in [-0.05, 0) is 48.6 Å². The molecule has 0 heterocycles. The average Bonchev–Trinajstić information content (AvgIpc) is 2.55. The van der Waals surface area contributed by atoms with Gasteiger partial charge in [0.25, 0.3) is 0 Å². The molecule has 2 aromatic rings. The number of carbonyl (C=O) groups is 1. The van der Waals surface area contributed by atoms with E-state index in [0.717, 1.165) is 5.56 Å². The maximum atomic E-state index is 11.6. The smallest absolute Gasteiger partial charge is 0.407 e. The summed E-state index contributed by atoms with van der Waals surface area (Å²) < 4.78 is 5.15. The standard InChI is InChI=1S/C20H23NO2/c1-15-12-17(3)19(13-16(15)2)10-7-11-21-20(22)23-14-18-8-5-4-6-9-18/h4-10,12-13H,11,14H2,1-3H3,(H,21,22). The van der Waals surface area contributed by atoms with Gasteiger partial charge in [0.2, 0.25) is 0 Å². The van der Waals surface area contributed by atoms with Gasteiger partial charge in [-0.2, -0.15) is 0 Å². The second-order valence-corrected chi connectivity index (χ2v) is 5.64. The first kappa shape index (κ1) is 16.8. The zero-order chi connectivity index (χ0) is 16.7. The molecule has 0 aliphatic heterocycles. The highest BCUT2D eigenvalue weighted by Crippen LogP contribution is 2.16. The summed E-state index contributed by atoms with van der Waals surface area (Å²) in [6.07, 6.45) is 3.55. The Morgan fingerprint density at radius 3 is 2.48 bits per heavy atom. The van der Waals surface area contributed by atoms with Crippen LogP contribution in [0.15, 0.2) is 48.5 Å². The molecule has 0 spiro atoms. The number of hydrogen-bond donors (Lipinski definition) is 1. The Hall–Kier alpha value is -2.55. The number of amides is 1. The summed E-state index contributed by atoms with van der Waals surface area (Å²) in [7, 11) is 0. The molecule has 0 atom stereocenters. The molecule has 3 heteroatoms. The topological polar surface area (TPSA) is 38.3 Å². The van der Waals surface area contributed by atoms with E-state index in [4.69, 9.17) is 4.74 Å². The third-order valence-corrected chi connectivity index (χ3v) is 3.76. The molecule has 0 aromatic heterocycles. The summed E-state index contributed by atoms with van der Waals surface area (Å²) in [6, 6.07) is 14.0. The van der Waals surface area contributed by atoms with Crippen molar-refractivity contribution in [1.29, 1.82) is 0 Å². The molecule has 2 rings (SSSR count). The summed E-state index contributed by atoms with van der Waals surface area (Å²) in [5.41, 5.74) is 5.94. The van der Waals surface area contributed by atoms with Gasteiger partial charge >= 0.3 is 6.09 Å². The fraction of sp³-hybridized carbons (Fsp3) is 0.250. The first-order chi connectivity index (χ1) is 11.1. The van der Waals surface area contributed by atoms with Crippen molar-refractivity contribution < 1.29 is 9.53 Å². The Bertz CT molecular complexity index is 690. The lowest BCUT2D eigenvalue weighted by Gasteiger charge is -2.07. The van der Waals surface area contributed by atoms with Crippen molar-refractivity contribution in [3.05, 3.63) is 76.4 Å². The first-order valence-corrected chi connectivity index (χ1v) is 7.75. The van der Waals surface area contributed by atoms with Crippen LogP contribution in [0.5, 0.6) is 0 Å². The normalized spacial score (nSPS) is 10.7. The van der Waals surface area contributed by atoms with Gasteiger partial charge in [-0.1, -0.05) is 54.6 Å². The lowest BCUT2D eigenvalue weighted by molar-refractivity contribution is 0.141. The van der Waals surface area contributed by atoms with Gasteiger partial charge in [-0.3, -0.25) is 0 Å². The molecule has 0 saturated heterocycles. The molecule has 0 fully saturated rings. The predicted octanol–water partition coefficient (Wildman–Crippen LogP) is 4.55. The Labute approximate surface area is 138 Å². The zero-order valence-electron chi connectivity index (χ0n) is 13.9. The molecule has 1 amide bonds. The van der Waals surface area contributed by atoms with Crippen LogP contribution in [0.25, 0.3) is 6.08 Å². The van der Waals surface area contributed by atoms with Gasteiger partial charge in [-0.25, -0.2) is 4.79 Å². The van der Waals surface area contributed by atoms with E-state index in [9.17, 15) is 4.79 Å². The van der Waals surface area contributed by atoms with E-state index in [1.54, 1.807) is 0 Å². The summed E-state index contributed by atoms with van der Waals surface area (Å²) in [4.78, 5) is 11.6. The number of nitrogens with one attached hydrogen (secondary N) is 1. The van der Waals surface area contributed by atoms with Gasteiger partial charge < -0.3 is 10.1 Å². The number of benzene rings is 2. The van der Waals surface area contributed by atoms with Gasteiger partial charge in [0.05, 0.1) is 0 Å². The fourth-order valence-electron chi connectivity index (χ4n) is 2.26. The minimum absolute atomic E-state index is 0.284. The fourth-order valence-corrected chi connectivity index (χ4v) is 2.26. The molecular weight excluding hydrogens is 286 g/mol. The molecule has 0 radical (unpaired) electrons. The quantitative estimate of drug-likeness (QED) is 0.880. The monoisotopic (exact) mass is 309 g/mol. The number of alkyl carbamates (subject to hydrolysis) is 1. The largest absolute Gasteiger partial charge is 0.445 e. The Balaban J connectivity index is 1.78. The van der Waals surface area contributed by atoms with E-state index < -0.39 is 6.09 Å². The van der Waals surface area contributed by atoms with Gasteiger partial charge in [-0.15, -0.1) is 0 Å².